The summed E-state index contributed by atoms with van der Waals surface area (Å²) in [5.74, 6) is 0.484. The van der Waals surface area contributed by atoms with Crippen molar-refractivity contribution >= 4 is 38.3 Å². The Balaban J connectivity index is 1.57. The molecule has 1 amide bonds. The molecule has 1 aliphatic rings. The minimum atomic E-state index is -0.182. The van der Waals surface area contributed by atoms with E-state index < -0.39 is 0 Å². The van der Waals surface area contributed by atoms with E-state index in [1.165, 1.54) is 17.7 Å². The van der Waals surface area contributed by atoms with Gasteiger partial charge in [0, 0.05) is 4.88 Å². The zero-order valence-electron chi connectivity index (χ0n) is 12.3. The zero-order chi connectivity index (χ0) is 15.5. The van der Waals surface area contributed by atoms with Crippen molar-refractivity contribution in [2.75, 3.05) is 11.9 Å². The highest BCUT2D eigenvalue weighted by molar-refractivity contribution is 9.10. The Morgan fingerprint density at radius 3 is 3.00 bits per heavy atom. The summed E-state index contributed by atoms with van der Waals surface area (Å²) in [7, 11) is 0. The molecule has 0 spiro atoms. The summed E-state index contributed by atoms with van der Waals surface area (Å²) in [6.45, 7) is 1.98. The molecule has 6 heteroatoms. The van der Waals surface area contributed by atoms with Crippen LogP contribution in [0.15, 0.2) is 22.7 Å². The third kappa shape index (κ3) is 3.67. The van der Waals surface area contributed by atoms with Gasteiger partial charge in [0.15, 0.2) is 11.7 Å². The van der Waals surface area contributed by atoms with Gasteiger partial charge in [-0.3, -0.25) is 10.1 Å². The van der Waals surface area contributed by atoms with Crippen LogP contribution in [-0.4, -0.2) is 17.5 Å². The molecule has 0 bridgehead atoms. The number of nitrogens with zero attached hydrogens (tertiary/aromatic N) is 1. The van der Waals surface area contributed by atoms with Gasteiger partial charge in [0.25, 0.3) is 5.91 Å². The third-order valence-electron chi connectivity index (χ3n) is 3.54. The average Bonchev–Trinajstić information content (AvgIpc) is 2.88. The summed E-state index contributed by atoms with van der Waals surface area (Å²) in [5, 5.41) is 3.51. The average molecular weight is 381 g/mol. The van der Waals surface area contributed by atoms with Gasteiger partial charge in [0.2, 0.25) is 0 Å². The molecule has 1 heterocycles. The number of thiazole rings is 1. The van der Waals surface area contributed by atoms with Gasteiger partial charge in [-0.25, -0.2) is 4.98 Å². The first-order valence-corrected chi connectivity index (χ1v) is 8.90. The van der Waals surface area contributed by atoms with Gasteiger partial charge in [-0.05, 0) is 66.2 Å². The van der Waals surface area contributed by atoms with Gasteiger partial charge >= 0.3 is 0 Å². The molecule has 0 saturated carbocycles. The molecule has 1 aliphatic carbocycles. The first-order valence-electron chi connectivity index (χ1n) is 7.29. The molecule has 0 radical (unpaired) electrons. The van der Waals surface area contributed by atoms with Crippen LogP contribution >= 0.6 is 27.3 Å². The molecule has 116 valence electrons. The number of hydrogen-bond acceptors (Lipinski definition) is 4. The second-order valence-electron chi connectivity index (χ2n) is 5.37. The second-order valence-corrected chi connectivity index (χ2v) is 7.30. The first kappa shape index (κ1) is 15.5. The van der Waals surface area contributed by atoms with Crippen LogP contribution in [0.1, 0.15) is 29.0 Å². The van der Waals surface area contributed by atoms with Crippen molar-refractivity contribution in [3.05, 3.63) is 38.8 Å². The van der Waals surface area contributed by atoms with Crippen LogP contribution in [0.25, 0.3) is 0 Å². The Labute approximate surface area is 142 Å². The van der Waals surface area contributed by atoms with Crippen LogP contribution in [0.5, 0.6) is 5.75 Å². The Hall–Kier alpha value is -1.40. The fourth-order valence-electron chi connectivity index (χ4n) is 2.43. The van der Waals surface area contributed by atoms with Crippen molar-refractivity contribution in [2.45, 2.75) is 32.6 Å². The van der Waals surface area contributed by atoms with E-state index in [-0.39, 0.29) is 12.5 Å². The van der Waals surface area contributed by atoms with Gasteiger partial charge in [0.1, 0.15) is 5.75 Å². The number of rotatable bonds is 4. The van der Waals surface area contributed by atoms with Crippen LogP contribution in [-0.2, 0) is 17.6 Å². The Kier molecular flexibility index (Phi) is 4.78. The molecule has 0 unspecified atom stereocenters. The maximum Gasteiger partial charge on any atom is 0.264 e. The lowest BCUT2D eigenvalue weighted by molar-refractivity contribution is -0.118. The maximum atomic E-state index is 12.0. The topological polar surface area (TPSA) is 51.2 Å². The molecule has 22 heavy (non-hydrogen) atoms. The molecule has 1 aromatic carbocycles. The summed E-state index contributed by atoms with van der Waals surface area (Å²) >= 11 is 5.02. The number of carbonyl (C=O) groups is 1. The van der Waals surface area contributed by atoms with E-state index >= 15 is 0 Å². The number of halogens is 1. The van der Waals surface area contributed by atoms with Crippen molar-refractivity contribution in [1.82, 2.24) is 4.98 Å². The Morgan fingerprint density at radius 1 is 1.41 bits per heavy atom. The lowest BCUT2D eigenvalue weighted by Crippen LogP contribution is -2.20. The largest absolute Gasteiger partial charge is 0.483 e. The second kappa shape index (κ2) is 6.79. The molecule has 2 aromatic rings. The van der Waals surface area contributed by atoms with Crippen LogP contribution in [0.4, 0.5) is 5.13 Å². The number of amides is 1. The van der Waals surface area contributed by atoms with Gasteiger partial charge in [-0.2, -0.15) is 0 Å². The summed E-state index contributed by atoms with van der Waals surface area (Å²) in [4.78, 5) is 17.8. The van der Waals surface area contributed by atoms with Gasteiger partial charge in [-0.1, -0.05) is 6.07 Å². The number of anilines is 1. The first-order chi connectivity index (χ1) is 10.6. The van der Waals surface area contributed by atoms with Crippen molar-refractivity contribution in [2.24, 2.45) is 0 Å². The molecule has 1 aromatic heterocycles. The Morgan fingerprint density at radius 2 is 2.23 bits per heavy atom. The highest BCUT2D eigenvalue weighted by Gasteiger charge is 2.16. The van der Waals surface area contributed by atoms with Crippen molar-refractivity contribution in [3.63, 3.8) is 0 Å². The summed E-state index contributed by atoms with van der Waals surface area (Å²) < 4.78 is 6.40. The van der Waals surface area contributed by atoms with Crippen LogP contribution in [0.2, 0.25) is 0 Å². The van der Waals surface area contributed by atoms with Crippen LogP contribution in [0, 0.1) is 6.92 Å². The fourth-order valence-corrected chi connectivity index (χ4v) is 4.10. The molecule has 0 fully saturated rings. The van der Waals surface area contributed by atoms with E-state index in [1.54, 1.807) is 11.3 Å². The van der Waals surface area contributed by atoms with Crippen molar-refractivity contribution in [3.8, 4) is 5.75 Å². The van der Waals surface area contributed by atoms with E-state index in [4.69, 9.17) is 4.74 Å². The number of aryl methyl sites for hydroxylation is 3. The molecule has 0 saturated heterocycles. The number of benzene rings is 1. The summed E-state index contributed by atoms with van der Waals surface area (Å²) in [5.41, 5.74) is 2.28. The van der Waals surface area contributed by atoms with E-state index in [0.717, 1.165) is 28.6 Å². The molecule has 0 aliphatic heterocycles. The molecular formula is C16H17BrN2O2S. The lowest BCUT2D eigenvalue weighted by Gasteiger charge is -2.08. The van der Waals surface area contributed by atoms with E-state index in [9.17, 15) is 4.79 Å². The zero-order valence-corrected chi connectivity index (χ0v) is 14.7. The standard InChI is InChI=1S/C16H17BrN2O2S/c1-10-6-7-13(11(17)8-10)21-9-15(20)19-16-18-12-4-2-3-5-14(12)22-16/h6-8H,2-5,9H2,1H3,(H,18,19,20). The highest BCUT2D eigenvalue weighted by Crippen LogP contribution is 2.29. The number of ether oxygens (including phenoxy) is 1. The molecule has 4 nitrogen and oxygen atoms in total. The summed E-state index contributed by atoms with van der Waals surface area (Å²) in [6.07, 6.45) is 4.51. The Bertz CT molecular complexity index is 676. The summed E-state index contributed by atoms with van der Waals surface area (Å²) in [6, 6.07) is 5.77. The van der Waals surface area contributed by atoms with E-state index in [2.05, 4.69) is 26.2 Å². The predicted octanol–water partition coefficient (Wildman–Crippen LogP) is 4.11. The van der Waals surface area contributed by atoms with Crippen LogP contribution in [0.3, 0.4) is 0 Å². The maximum absolute atomic E-state index is 12.0. The predicted molar refractivity (Wildman–Crippen MR) is 91.8 cm³/mol. The molecule has 3 rings (SSSR count). The van der Waals surface area contributed by atoms with Crippen molar-refractivity contribution in [1.29, 1.82) is 0 Å². The number of nitrogens with one attached hydrogen (secondary N) is 1. The quantitative estimate of drug-likeness (QED) is 0.867. The minimum Gasteiger partial charge on any atom is -0.483 e. The number of carbonyl (C=O) groups excluding carboxylic acids is 1. The SMILES string of the molecule is Cc1ccc(OCC(=O)Nc2nc3c(s2)CCCC3)c(Br)c1. The van der Waals surface area contributed by atoms with Crippen LogP contribution < -0.4 is 10.1 Å². The van der Waals surface area contributed by atoms with Crippen molar-refractivity contribution < 1.29 is 9.53 Å². The van der Waals surface area contributed by atoms with E-state index in [0.29, 0.717) is 10.9 Å². The molecule has 0 atom stereocenters. The minimum absolute atomic E-state index is 0.0219. The lowest BCUT2D eigenvalue weighted by atomic mass is 10.0. The smallest absolute Gasteiger partial charge is 0.264 e. The van der Waals surface area contributed by atoms with Gasteiger partial charge < -0.3 is 4.74 Å². The third-order valence-corrected chi connectivity index (χ3v) is 5.23. The fraction of sp³-hybridized carbons (Fsp3) is 0.375. The number of aromatic nitrogens is 1. The van der Waals surface area contributed by atoms with E-state index in [1.807, 2.05) is 25.1 Å². The normalized spacial score (nSPS) is 13.5. The number of fused-ring (bicyclic) bond motifs is 1. The monoisotopic (exact) mass is 380 g/mol. The molecular weight excluding hydrogens is 364 g/mol. The number of hydrogen-bond donors (Lipinski definition) is 1. The molecule has 1 N–H and O–H groups in total. The highest BCUT2D eigenvalue weighted by atomic mass is 79.9. The van der Waals surface area contributed by atoms with Gasteiger partial charge in [0.05, 0.1) is 10.2 Å². The van der Waals surface area contributed by atoms with Gasteiger partial charge in [-0.15, -0.1) is 11.3 Å².